The molecular weight excluding hydrogens is 442 g/mol. The Bertz CT molecular complexity index is 1210. The molecule has 1 atom stereocenters. The molecule has 9 nitrogen and oxygen atoms in total. The molecule has 0 bridgehead atoms. The number of morpholine rings is 1. The maximum Gasteiger partial charge on any atom is 0.244 e. The minimum absolute atomic E-state index is 0.0429. The van der Waals surface area contributed by atoms with Crippen LogP contribution in [0.4, 0.5) is 5.82 Å². The van der Waals surface area contributed by atoms with Crippen molar-refractivity contribution in [1.29, 1.82) is 0 Å². The van der Waals surface area contributed by atoms with Crippen LogP contribution in [0.5, 0.6) is 0 Å². The van der Waals surface area contributed by atoms with Crippen molar-refractivity contribution in [1.82, 2.24) is 20.0 Å². The van der Waals surface area contributed by atoms with E-state index in [2.05, 4.69) is 19.9 Å². The number of nitrogens with zero attached hydrogens (tertiary/aromatic N) is 5. The lowest BCUT2D eigenvalue weighted by Gasteiger charge is -2.27. The van der Waals surface area contributed by atoms with Crippen LogP contribution in [0.15, 0.2) is 52.0 Å². The Labute approximate surface area is 193 Å². The van der Waals surface area contributed by atoms with Gasteiger partial charge in [0.25, 0.3) is 0 Å². The Morgan fingerprint density at radius 1 is 1.09 bits per heavy atom. The van der Waals surface area contributed by atoms with Crippen molar-refractivity contribution in [2.45, 2.75) is 30.3 Å². The van der Waals surface area contributed by atoms with Crippen LogP contribution in [-0.2, 0) is 21.1 Å². The second-order valence-corrected chi connectivity index (χ2v) is 10.5. The molecule has 2 fully saturated rings. The van der Waals surface area contributed by atoms with Crippen molar-refractivity contribution >= 4 is 15.7 Å². The first-order chi connectivity index (χ1) is 16.0. The van der Waals surface area contributed by atoms with Crippen LogP contribution in [0, 0.1) is 0 Å². The zero-order chi connectivity index (χ0) is 22.8. The molecule has 0 amide bonds. The molecule has 0 N–H and O–H groups in total. The van der Waals surface area contributed by atoms with Crippen LogP contribution in [-0.4, -0.2) is 67.5 Å². The number of hydrogen-bond acceptors (Lipinski definition) is 9. The molecule has 0 spiro atoms. The number of benzene rings is 1. The van der Waals surface area contributed by atoms with Gasteiger partial charge >= 0.3 is 0 Å². The van der Waals surface area contributed by atoms with Gasteiger partial charge in [0.15, 0.2) is 9.84 Å². The summed E-state index contributed by atoms with van der Waals surface area (Å²) in [5.41, 5.74) is 1.93. The van der Waals surface area contributed by atoms with Gasteiger partial charge in [0.2, 0.25) is 11.7 Å². The van der Waals surface area contributed by atoms with E-state index in [1.807, 2.05) is 24.3 Å². The van der Waals surface area contributed by atoms with Crippen LogP contribution in [0.2, 0.25) is 0 Å². The molecular formula is C23H27N5O4S. The SMILES string of the molecule is CS(=O)(=O)c1ccc(CN2CCC[C@H]2c2nc(-c3ccnc(N4CCOCC4)c3)no2)cc1. The van der Waals surface area contributed by atoms with Crippen molar-refractivity contribution in [2.75, 3.05) is 44.0 Å². The van der Waals surface area contributed by atoms with E-state index in [1.54, 1.807) is 18.3 Å². The molecule has 0 radical (unpaired) electrons. The standard InChI is InChI=1S/C23H27N5O4S/c1-33(29,30)19-6-4-17(5-7-19)16-28-10-2-3-20(28)23-25-22(26-32-23)18-8-9-24-21(15-18)27-11-13-31-14-12-27/h4-9,15,20H,2-3,10-14,16H2,1H3/t20-/m0/s1. The highest BCUT2D eigenvalue weighted by molar-refractivity contribution is 7.90. The predicted octanol–water partition coefficient (Wildman–Crippen LogP) is 2.71. The fraction of sp³-hybridized carbons (Fsp3) is 0.435. The topological polar surface area (TPSA) is 102 Å². The number of ether oxygens (including phenoxy) is 1. The number of anilines is 1. The van der Waals surface area contributed by atoms with Gasteiger partial charge in [0.1, 0.15) is 5.82 Å². The van der Waals surface area contributed by atoms with Crippen molar-refractivity contribution in [3.63, 3.8) is 0 Å². The molecule has 0 aliphatic carbocycles. The van der Waals surface area contributed by atoms with Gasteiger partial charge in [-0.15, -0.1) is 0 Å². The highest BCUT2D eigenvalue weighted by Gasteiger charge is 2.31. The minimum atomic E-state index is -3.20. The van der Waals surface area contributed by atoms with E-state index in [9.17, 15) is 8.42 Å². The molecule has 2 aliphatic rings. The Morgan fingerprint density at radius 3 is 2.64 bits per heavy atom. The monoisotopic (exact) mass is 469 g/mol. The van der Waals surface area contributed by atoms with E-state index in [-0.39, 0.29) is 6.04 Å². The summed E-state index contributed by atoms with van der Waals surface area (Å²) >= 11 is 0. The van der Waals surface area contributed by atoms with Gasteiger partial charge in [-0.1, -0.05) is 17.3 Å². The maximum atomic E-state index is 11.7. The first kappa shape index (κ1) is 22.0. The summed E-state index contributed by atoms with van der Waals surface area (Å²) in [7, 11) is -3.20. The summed E-state index contributed by atoms with van der Waals surface area (Å²) in [6, 6.07) is 11.0. The third-order valence-corrected chi connectivity index (χ3v) is 7.29. The van der Waals surface area contributed by atoms with Crippen LogP contribution in [0.3, 0.4) is 0 Å². The van der Waals surface area contributed by atoms with E-state index in [0.29, 0.717) is 36.4 Å². The molecule has 3 aromatic rings. The van der Waals surface area contributed by atoms with Crippen LogP contribution in [0.1, 0.15) is 30.3 Å². The summed E-state index contributed by atoms with van der Waals surface area (Å²) in [5.74, 6) is 2.06. The van der Waals surface area contributed by atoms with E-state index in [1.165, 1.54) is 6.26 Å². The fourth-order valence-corrected chi connectivity index (χ4v) is 5.01. The normalized spacial score (nSPS) is 19.8. The molecule has 2 saturated heterocycles. The molecule has 2 aliphatic heterocycles. The zero-order valence-electron chi connectivity index (χ0n) is 18.6. The van der Waals surface area contributed by atoms with Crippen molar-refractivity contribution in [3.8, 4) is 11.4 Å². The number of hydrogen-bond donors (Lipinski definition) is 0. The minimum Gasteiger partial charge on any atom is -0.378 e. The lowest BCUT2D eigenvalue weighted by atomic mass is 10.2. The third kappa shape index (κ3) is 4.92. The fourth-order valence-electron chi connectivity index (χ4n) is 4.38. The second kappa shape index (κ2) is 9.20. The first-order valence-corrected chi connectivity index (χ1v) is 13.0. The van der Waals surface area contributed by atoms with E-state index in [4.69, 9.17) is 14.2 Å². The molecule has 10 heteroatoms. The highest BCUT2D eigenvalue weighted by atomic mass is 32.2. The van der Waals surface area contributed by atoms with Crippen molar-refractivity contribution in [3.05, 3.63) is 54.0 Å². The van der Waals surface area contributed by atoms with Gasteiger partial charge < -0.3 is 14.2 Å². The van der Waals surface area contributed by atoms with Gasteiger partial charge in [-0.25, -0.2) is 13.4 Å². The third-order valence-electron chi connectivity index (χ3n) is 6.17. The maximum absolute atomic E-state index is 11.7. The van der Waals surface area contributed by atoms with Crippen LogP contribution < -0.4 is 4.90 Å². The summed E-state index contributed by atoms with van der Waals surface area (Å²) in [6.45, 7) is 4.65. The van der Waals surface area contributed by atoms with Gasteiger partial charge in [0.05, 0.1) is 24.2 Å². The number of rotatable bonds is 6. The highest BCUT2D eigenvalue weighted by Crippen LogP contribution is 2.33. The number of aromatic nitrogens is 3. The molecule has 174 valence electrons. The zero-order valence-corrected chi connectivity index (χ0v) is 19.4. The molecule has 2 aromatic heterocycles. The summed E-state index contributed by atoms with van der Waals surface area (Å²) in [4.78, 5) is 14.0. The Morgan fingerprint density at radius 2 is 1.88 bits per heavy atom. The van der Waals surface area contributed by atoms with E-state index in [0.717, 1.165) is 49.4 Å². The second-order valence-electron chi connectivity index (χ2n) is 8.50. The molecule has 33 heavy (non-hydrogen) atoms. The first-order valence-electron chi connectivity index (χ1n) is 11.1. The average Bonchev–Trinajstić information content (AvgIpc) is 3.49. The van der Waals surface area contributed by atoms with Crippen LogP contribution >= 0.6 is 0 Å². The quantitative estimate of drug-likeness (QED) is 0.539. The lowest BCUT2D eigenvalue weighted by Crippen LogP contribution is -2.36. The average molecular weight is 470 g/mol. The Kier molecular flexibility index (Phi) is 6.13. The molecule has 0 unspecified atom stereocenters. The van der Waals surface area contributed by atoms with E-state index < -0.39 is 9.84 Å². The van der Waals surface area contributed by atoms with Gasteiger partial charge in [-0.3, -0.25) is 4.90 Å². The largest absolute Gasteiger partial charge is 0.378 e. The molecule has 4 heterocycles. The summed E-state index contributed by atoms with van der Waals surface area (Å²) < 4.78 is 34.5. The van der Waals surface area contributed by atoms with Crippen molar-refractivity contribution in [2.24, 2.45) is 0 Å². The molecule has 5 rings (SSSR count). The molecule has 0 saturated carbocycles. The number of likely N-dealkylation sites (tertiary alicyclic amines) is 1. The molecule has 1 aromatic carbocycles. The van der Waals surface area contributed by atoms with E-state index >= 15 is 0 Å². The van der Waals surface area contributed by atoms with Crippen molar-refractivity contribution < 1.29 is 17.7 Å². The van der Waals surface area contributed by atoms with Gasteiger partial charge in [0, 0.05) is 37.7 Å². The van der Waals surface area contributed by atoms with Crippen LogP contribution in [0.25, 0.3) is 11.4 Å². The Hall–Kier alpha value is -2.82. The smallest absolute Gasteiger partial charge is 0.244 e. The number of sulfone groups is 1. The Balaban J connectivity index is 1.31. The summed E-state index contributed by atoms with van der Waals surface area (Å²) in [6.07, 6.45) is 4.98. The predicted molar refractivity (Wildman–Crippen MR) is 122 cm³/mol. The van der Waals surface area contributed by atoms with Gasteiger partial charge in [-0.2, -0.15) is 4.98 Å². The van der Waals surface area contributed by atoms with Gasteiger partial charge in [-0.05, 0) is 49.2 Å². The summed E-state index contributed by atoms with van der Waals surface area (Å²) in [5, 5.41) is 4.25. The lowest BCUT2D eigenvalue weighted by molar-refractivity contribution is 0.122. The number of pyridine rings is 1.